The molecule has 1 aromatic carbocycles. The van der Waals surface area contributed by atoms with Crippen molar-refractivity contribution < 1.29 is 9.59 Å². The fraction of sp³-hybridized carbons (Fsp3) is 0.579. The number of nitrogens with zero attached hydrogens (tertiary/aromatic N) is 2. The number of hydrogen-bond acceptors (Lipinski definition) is 3. The number of rotatable bonds is 5. The van der Waals surface area contributed by atoms with E-state index in [1.807, 2.05) is 25.1 Å². The third-order valence-electron chi connectivity index (χ3n) is 4.64. The molecule has 25 heavy (non-hydrogen) atoms. The minimum absolute atomic E-state index is 0.101. The molecule has 1 saturated heterocycles. The first-order chi connectivity index (χ1) is 12.0. The van der Waals surface area contributed by atoms with Gasteiger partial charge in [0.2, 0.25) is 5.91 Å². The number of likely N-dealkylation sites (N-methyl/N-ethyl adjacent to an activating group) is 1. The number of benzene rings is 1. The number of hydrogen-bond donors (Lipinski definition) is 2. The molecule has 1 atom stereocenters. The molecule has 0 spiro atoms. The molecule has 1 aliphatic rings. The lowest BCUT2D eigenvalue weighted by molar-refractivity contribution is -0.131. The van der Waals surface area contributed by atoms with Gasteiger partial charge in [-0.1, -0.05) is 18.9 Å². The monoisotopic (exact) mass is 346 g/mol. The van der Waals surface area contributed by atoms with Crippen molar-refractivity contribution >= 4 is 23.3 Å². The number of urea groups is 1. The lowest BCUT2D eigenvalue weighted by Gasteiger charge is -2.23. The Labute approximate surface area is 150 Å². The summed E-state index contributed by atoms with van der Waals surface area (Å²) in [5.74, 6) is -0.101. The molecule has 0 bridgehead atoms. The Morgan fingerprint density at radius 2 is 1.88 bits per heavy atom. The van der Waals surface area contributed by atoms with Crippen LogP contribution in [0.1, 0.15) is 39.5 Å². The van der Waals surface area contributed by atoms with Gasteiger partial charge in [0.05, 0.1) is 0 Å². The van der Waals surface area contributed by atoms with Crippen LogP contribution in [0.3, 0.4) is 0 Å². The van der Waals surface area contributed by atoms with Crippen molar-refractivity contribution in [3.05, 3.63) is 24.3 Å². The molecule has 0 radical (unpaired) electrons. The zero-order valence-electron chi connectivity index (χ0n) is 15.5. The quantitative estimate of drug-likeness (QED) is 0.861. The Kier molecular flexibility index (Phi) is 7.10. The largest absolute Gasteiger partial charge is 0.371 e. The van der Waals surface area contributed by atoms with Crippen molar-refractivity contribution in [2.75, 3.05) is 36.9 Å². The molecule has 1 heterocycles. The summed E-state index contributed by atoms with van der Waals surface area (Å²) in [5.41, 5.74) is 1.87. The van der Waals surface area contributed by atoms with Gasteiger partial charge in [0.1, 0.15) is 6.04 Å². The van der Waals surface area contributed by atoms with E-state index in [9.17, 15) is 9.59 Å². The minimum atomic E-state index is -0.557. The second-order valence-corrected chi connectivity index (χ2v) is 6.62. The SMILES string of the molecule is CCN(C)C(=O)C(C)NC(=O)Nc1cccc(N2CCCCCC2)c1. The van der Waals surface area contributed by atoms with Gasteiger partial charge in [-0.05, 0) is 44.9 Å². The van der Waals surface area contributed by atoms with Crippen molar-refractivity contribution in [3.63, 3.8) is 0 Å². The van der Waals surface area contributed by atoms with E-state index in [1.165, 1.54) is 25.7 Å². The van der Waals surface area contributed by atoms with Crippen LogP contribution < -0.4 is 15.5 Å². The van der Waals surface area contributed by atoms with Crippen LogP contribution in [0.15, 0.2) is 24.3 Å². The number of carbonyl (C=O) groups excluding carboxylic acids is 2. The molecule has 1 unspecified atom stereocenters. The summed E-state index contributed by atoms with van der Waals surface area (Å²) in [7, 11) is 1.73. The maximum Gasteiger partial charge on any atom is 0.319 e. The van der Waals surface area contributed by atoms with Crippen molar-refractivity contribution in [2.45, 2.75) is 45.6 Å². The molecule has 2 N–H and O–H groups in total. The zero-order chi connectivity index (χ0) is 18.2. The molecule has 3 amide bonds. The highest BCUT2D eigenvalue weighted by Crippen LogP contribution is 2.22. The Bertz CT molecular complexity index is 583. The van der Waals surface area contributed by atoms with Crippen molar-refractivity contribution in [1.82, 2.24) is 10.2 Å². The standard InChI is InChI=1S/C19H30N4O2/c1-4-22(3)18(24)15(2)20-19(25)21-16-10-9-11-17(14-16)23-12-7-5-6-8-13-23/h9-11,14-15H,4-8,12-13H2,1-3H3,(H2,20,21,25). The van der Waals surface area contributed by atoms with E-state index >= 15 is 0 Å². The number of amides is 3. The first-order valence-corrected chi connectivity index (χ1v) is 9.18. The minimum Gasteiger partial charge on any atom is -0.371 e. The fourth-order valence-corrected chi connectivity index (χ4v) is 3.02. The molecule has 138 valence electrons. The van der Waals surface area contributed by atoms with Crippen LogP contribution >= 0.6 is 0 Å². The molecule has 0 saturated carbocycles. The molecular formula is C19H30N4O2. The van der Waals surface area contributed by atoms with Crippen LogP contribution in [0.2, 0.25) is 0 Å². The van der Waals surface area contributed by atoms with Crippen molar-refractivity contribution in [2.24, 2.45) is 0 Å². The number of nitrogens with one attached hydrogen (secondary N) is 2. The summed E-state index contributed by atoms with van der Waals surface area (Å²) in [6, 6.07) is 6.98. The topological polar surface area (TPSA) is 64.7 Å². The van der Waals surface area contributed by atoms with E-state index < -0.39 is 6.04 Å². The highest BCUT2D eigenvalue weighted by Gasteiger charge is 2.18. The third kappa shape index (κ3) is 5.66. The average molecular weight is 346 g/mol. The maximum absolute atomic E-state index is 12.2. The van der Waals surface area contributed by atoms with Crippen LogP contribution in [0.5, 0.6) is 0 Å². The van der Waals surface area contributed by atoms with Crippen molar-refractivity contribution in [3.8, 4) is 0 Å². The van der Waals surface area contributed by atoms with Crippen LogP contribution in [0.25, 0.3) is 0 Å². The summed E-state index contributed by atoms with van der Waals surface area (Å²) in [4.78, 5) is 28.2. The van der Waals surface area contributed by atoms with Crippen LogP contribution in [-0.2, 0) is 4.79 Å². The van der Waals surface area contributed by atoms with E-state index in [1.54, 1.807) is 18.9 Å². The van der Waals surface area contributed by atoms with E-state index in [2.05, 4.69) is 21.6 Å². The van der Waals surface area contributed by atoms with Gasteiger partial charge >= 0.3 is 6.03 Å². The van der Waals surface area contributed by atoms with Gasteiger partial charge in [0.15, 0.2) is 0 Å². The highest BCUT2D eigenvalue weighted by molar-refractivity contribution is 5.93. The molecule has 1 fully saturated rings. The Morgan fingerprint density at radius 3 is 2.52 bits per heavy atom. The summed E-state index contributed by atoms with van der Waals surface area (Å²) < 4.78 is 0. The van der Waals surface area contributed by atoms with Gasteiger partial charge in [-0.25, -0.2) is 4.79 Å². The van der Waals surface area contributed by atoms with Gasteiger partial charge in [0, 0.05) is 38.1 Å². The molecule has 1 aliphatic heterocycles. The summed E-state index contributed by atoms with van der Waals surface area (Å²) in [6.07, 6.45) is 5.00. The summed E-state index contributed by atoms with van der Waals surface area (Å²) in [5, 5.41) is 5.53. The Balaban J connectivity index is 1.94. The van der Waals surface area contributed by atoms with E-state index in [4.69, 9.17) is 0 Å². The molecule has 6 heteroatoms. The van der Waals surface area contributed by atoms with Gasteiger partial charge in [-0.3, -0.25) is 4.79 Å². The van der Waals surface area contributed by atoms with E-state index in [-0.39, 0.29) is 11.9 Å². The molecular weight excluding hydrogens is 316 g/mol. The Hall–Kier alpha value is -2.24. The zero-order valence-corrected chi connectivity index (χ0v) is 15.5. The summed E-state index contributed by atoms with van der Waals surface area (Å²) in [6.45, 7) is 6.33. The van der Waals surface area contributed by atoms with Crippen LogP contribution in [-0.4, -0.2) is 49.6 Å². The normalized spacial score (nSPS) is 15.9. The second kappa shape index (κ2) is 9.30. The second-order valence-electron chi connectivity index (χ2n) is 6.62. The highest BCUT2D eigenvalue weighted by atomic mass is 16.2. The molecule has 1 aromatic rings. The van der Waals surface area contributed by atoms with Gasteiger partial charge in [-0.15, -0.1) is 0 Å². The maximum atomic E-state index is 12.2. The number of anilines is 2. The lowest BCUT2D eigenvalue weighted by Crippen LogP contribution is -2.46. The average Bonchev–Trinajstić information content (AvgIpc) is 2.89. The van der Waals surface area contributed by atoms with E-state index in [0.29, 0.717) is 6.54 Å². The Morgan fingerprint density at radius 1 is 1.20 bits per heavy atom. The number of carbonyl (C=O) groups is 2. The smallest absolute Gasteiger partial charge is 0.319 e. The van der Waals surface area contributed by atoms with Crippen molar-refractivity contribution in [1.29, 1.82) is 0 Å². The van der Waals surface area contributed by atoms with Gasteiger partial charge in [-0.2, -0.15) is 0 Å². The first-order valence-electron chi connectivity index (χ1n) is 9.18. The van der Waals surface area contributed by atoms with Crippen LogP contribution in [0, 0.1) is 0 Å². The van der Waals surface area contributed by atoms with E-state index in [0.717, 1.165) is 24.5 Å². The van der Waals surface area contributed by atoms with Gasteiger partial charge < -0.3 is 20.4 Å². The molecule has 6 nitrogen and oxygen atoms in total. The van der Waals surface area contributed by atoms with Crippen LogP contribution in [0.4, 0.5) is 16.2 Å². The molecule has 0 aromatic heterocycles. The predicted octanol–water partition coefficient (Wildman–Crippen LogP) is 3.06. The fourth-order valence-electron chi connectivity index (χ4n) is 3.02. The predicted molar refractivity (Wildman–Crippen MR) is 102 cm³/mol. The first kappa shape index (κ1) is 19.1. The molecule has 0 aliphatic carbocycles. The molecule has 2 rings (SSSR count). The van der Waals surface area contributed by atoms with Gasteiger partial charge in [0.25, 0.3) is 0 Å². The lowest BCUT2D eigenvalue weighted by atomic mass is 10.2. The third-order valence-corrected chi connectivity index (χ3v) is 4.64. The summed E-state index contributed by atoms with van der Waals surface area (Å²) >= 11 is 0.